The van der Waals surface area contributed by atoms with Crippen LogP contribution < -0.4 is 0 Å². The van der Waals surface area contributed by atoms with E-state index in [1.54, 1.807) is 0 Å². The summed E-state index contributed by atoms with van der Waals surface area (Å²) in [5.74, 6) is -2.18. The zero-order valence-corrected chi connectivity index (χ0v) is 61.2. The zero-order valence-electron chi connectivity index (χ0n) is 59.4. The summed E-state index contributed by atoms with van der Waals surface area (Å²) >= 11 is 0. The van der Waals surface area contributed by atoms with Gasteiger partial charge in [-0.1, -0.05) is 280 Å². The first kappa shape index (κ1) is 90.5. The van der Waals surface area contributed by atoms with Crippen LogP contribution >= 0.6 is 15.6 Å². The summed E-state index contributed by atoms with van der Waals surface area (Å²) in [6.45, 7) is 4.68. The number of carbonyl (C=O) groups excluding carboxylic acids is 4. The molecule has 0 amide bonds. The van der Waals surface area contributed by atoms with Crippen molar-refractivity contribution in [3.63, 3.8) is 0 Å². The Morgan fingerprint density at radius 3 is 0.894 bits per heavy atom. The molecule has 0 aliphatic heterocycles. The topological polar surface area (TPSA) is 237 Å². The van der Waals surface area contributed by atoms with Crippen molar-refractivity contribution >= 4 is 39.5 Å². The molecule has 0 saturated heterocycles. The smallest absolute Gasteiger partial charge is 0.462 e. The van der Waals surface area contributed by atoms with Crippen molar-refractivity contribution in [2.24, 2.45) is 0 Å². The molecule has 0 heterocycles. The van der Waals surface area contributed by atoms with Crippen molar-refractivity contribution in [2.45, 2.75) is 341 Å². The SMILES string of the molecule is CC/C=C\C/C=C\C/C=C\C/C=C\CCCCCCCCC(=O)OCC(COP(=O)(O)OCC(O)COP(=O)(O)OCC(COC(=O)CCCCCCCCCCCCC)OC(=O)CCCCCCCCCCCCC)OC(=O)CCCCCCC/C=C\C/C=C\CCC. The second-order valence-electron chi connectivity index (χ2n) is 24.9. The molecule has 5 atom stereocenters. The van der Waals surface area contributed by atoms with Gasteiger partial charge in [0.05, 0.1) is 26.4 Å². The fourth-order valence-electron chi connectivity index (χ4n) is 10.0. The number of phosphoric ester groups is 2. The summed E-state index contributed by atoms with van der Waals surface area (Å²) < 4.78 is 68.3. The fourth-order valence-corrected chi connectivity index (χ4v) is 11.6. The van der Waals surface area contributed by atoms with Crippen LogP contribution in [0.1, 0.15) is 323 Å². The Labute approximate surface area is 571 Å². The molecule has 0 aliphatic rings. The highest BCUT2D eigenvalue weighted by Crippen LogP contribution is 2.45. The fraction of sp³-hybridized carbons (Fsp3) is 0.787. The number of carbonyl (C=O) groups is 4. The Morgan fingerprint density at radius 1 is 0.309 bits per heavy atom. The van der Waals surface area contributed by atoms with Crippen LogP contribution in [0.4, 0.5) is 0 Å². The minimum Gasteiger partial charge on any atom is -0.462 e. The molecule has 0 spiro atoms. The summed E-state index contributed by atoms with van der Waals surface area (Å²) in [5, 5.41) is 10.6. The third-order valence-electron chi connectivity index (χ3n) is 15.7. The van der Waals surface area contributed by atoms with Gasteiger partial charge in [-0.25, -0.2) is 9.13 Å². The Balaban J connectivity index is 5.29. The molecule has 0 aromatic heterocycles. The number of esters is 4. The molecule has 0 aromatic carbocycles. The van der Waals surface area contributed by atoms with Crippen molar-refractivity contribution in [1.82, 2.24) is 0 Å². The summed E-state index contributed by atoms with van der Waals surface area (Å²) in [7, 11) is -9.93. The Bertz CT molecular complexity index is 2070. The lowest BCUT2D eigenvalue weighted by atomic mass is 10.1. The van der Waals surface area contributed by atoms with Gasteiger partial charge in [0.2, 0.25) is 0 Å². The van der Waals surface area contributed by atoms with Crippen LogP contribution in [0.2, 0.25) is 0 Å². The molecule has 0 fully saturated rings. The van der Waals surface area contributed by atoms with Gasteiger partial charge < -0.3 is 33.8 Å². The average Bonchev–Trinajstić information content (AvgIpc) is 1.73. The van der Waals surface area contributed by atoms with E-state index >= 15 is 0 Å². The van der Waals surface area contributed by atoms with Gasteiger partial charge in [0.1, 0.15) is 19.3 Å². The number of allylic oxidation sites excluding steroid dienone is 12. The van der Waals surface area contributed by atoms with E-state index < -0.39 is 97.5 Å². The van der Waals surface area contributed by atoms with Gasteiger partial charge >= 0.3 is 39.5 Å². The van der Waals surface area contributed by atoms with Crippen LogP contribution in [-0.2, 0) is 65.4 Å². The van der Waals surface area contributed by atoms with E-state index in [2.05, 4.69) is 101 Å². The van der Waals surface area contributed by atoms with Crippen molar-refractivity contribution in [1.29, 1.82) is 0 Å². The second kappa shape index (κ2) is 68.0. The molecule has 0 bridgehead atoms. The van der Waals surface area contributed by atoms with Crippen molar-refractivity contribution in [3.05, 3.63) is 72.9 Å². The van der Waals surface area contributed by atoms with Gasteiger partial charge in [-0.05, 0) is 89.9 Å². The molecule has 94 heavy (non-hydrogen) atoms. The predicted molar refractivity (Wildman–Crippen MR) is 381 cm³/mol. The number of unbranched alkanes of at least 4 members (excludes halogenated alkanes) is 32. The lowest BCUT2D eigenvalue weighted by Crippen LogP contribution is -2.30. The largest absolute Gasteiger partial charge is 0.472 e. The van der Waals surface area contributed by atoms with Crippen LogP contribution in [0.15, 0.2) is 72.9 Å². The Morgan fingerprint density at radius 2 is 0.574 bits per heavy atom. The quantitative estimate of drug-likeness (QED) is 0.0169. The van der Waals surface area contributed by atoms with Gasteiger partial charge in [-0.2, -0.15) is 0 Å². The van der Waals surface area contributed by atoms with Gasteiger partial charge in [-0.3, -0.25) is 37.3 Å². The average molecular weight is 1370 g/mol. The number of hydrogen-bond acceptors (Lipinski definition) is 15. The van der Waals surface area contributed by atoms with E-state index in [0.717, 1.165) is 161 Å². The molecule has 0 saturated carbocycles. The van der Waals surface area contributed by atoms with E-state index in [-0.39, 0.29) is 25.7 Å². The highest BCUT2D eigenvalue weighted by molar-refractivity contribution is 7.47. The first-order valence-electron chi connectivity index (χ1n) is 37.2. The van der Waals surface area contributed by atoms with Crippen LogP contribution in [0.25, 0.3) is 0 Å². The molecule has 19 heteroatoms. The number of phosphoric acid groups is 2. The van der Waals surface area contributed by atoms with E-state index in [0.29, 0.717) is 25.7 Å². The van der Waals surface area contributed by atoms with Crippen LogP contribution in [-0.4, -0.2) is 96.7 Å². The maximum Gasteiger partial charge on any atom is 0.472 e. The monoisotopic (exact) mass is 1370 g/mol. The molecule has 0 aromatic rings. The number of rotatable bonds is 70. The van der Waals surface area contributed by atoms with Gasteiger partial charge in [0.25, 0.3) is 0 Å². The van der Waals surface area contributed by atoms with Crippen LogP contribution in [0.5, 0.6) is 0 Å². The second-order valence-corrected chi connectivity index (χ2v) is 27.8. The lowest BCUT2D eigenvalue weighted by molar-refractivity contribution is -0.161. The van der Waals surface area contributed by atoms with Crippen LogP contribution in [0, 0.1) is 0 Å². The first-order valence-corrected chi connectivity index (χ1v) is 40.2. The first-order chi connectivity index (χ1) is 45.7. The molecule has 0 radical (unpaired) electrons. The van der Waals surface area contributed by atoms with E-state index in [1.165, 1.54) is 83.5 Å². The van der Waals surface area contributed by atoms with Gasteiger partial charge in [0.15, 0.2) is 12.2 Å². The minimum atomic E-state index is -4.97. The molecule has 17 nitrogen and oxygen atoms in total. The Kier molecular flexibility index (Phi) is 65.5. The highest BCUT2D eigenvalue weighted by atomic mass is 31.2. The summed E-state index contributed by atoms with van der Waals surface area (Å²) in [4.78, 5) is 72.6. The molecule has 546 valence electrons. The summed E-state index contributed by atoms with van der Waals surface area (Å²) in [5.41, 5.74) is 0. The standard InChI is InChI=1S/C75H134O17P2/c1-5-9-13-17-21-25-29-31-32-33-34-35-36-38-41-44-48-52-56-60-73(78)86-66-71(92-75(80)62-58-54-50-46-42-37-30-26-22-18-14-10-6-2)68-90-94(83,84)88-64-69(76)63-87-93(81,82)89-67-70(91-74(79)61-57-53-49-45-40-28-24-20-16-12-8-4)65-85-72(77)59-55-51-47-43-39-27-23-19-15-11-7-3/h9,13-14,18,21,25-26,30-32,34-35,69-71,76H,5-8,10-12,15-17,19-20,22-24,27-29,33,36-68H2,1-4H3,(H,81,82)(H,83,84)/b13-9-,18-14-,25-21-,30-26-,32-31-,35-34-. The molecule has 5 unspecified atom stereocenters. The highest BCUT2D eigenvalue weighted by Gasteiger charge is 2.30. The van der Waals surface area contributed by atoms with E-state index in [9.17, 15) is 43.2 Å². The number of aliphatic hydroxyl groups excluding tert-OH is 1. The molecule has 3 N–H and O–H groups in total. The van der Waals surface area contributed by atoms with Crippen molar-refractivity contribution in [3.8, 4) is 0 Å². The maximum absolute atomic E-state index is 13.0. The van der Waals surface area contributed by atoms with Crippen molar-refractivity contribution in [2.75, 3.05) is 39.6 Å². The number of hydrogen-bond donors (Lipinski definition) is 3. The molecule has 0 aliphatic carbocycles. The zero-order chi connectivity index (χ0) is 69.0. The van der Waals surface area contributed by atoms with Gasteiger partial charge in [-0.15, -0.1) is 0 Å². The Hall–Kier alpha value is -3.50. The van der Waals surface area contributed by atoms with Crippen LogP contribution in [0.3, 0.4) is 0 Å². The van der Waals surface area contributed by atoms with E-state index in [4.69, 9.17) is 37.0 Å². The molecule has 0 rings (SSSR count). The maximum atomic E-state index is 13.0. The third kappa shape index (κ3) is 67.1. The number of aliphatic hydroxyl groups is 1. The summed E-state index contributed by atoms with van der Waals surface area (Å²) in [6.07, 6.45) is 66.2. The van der Waals surface area contributed by atoms with Crippen molar-refractivity contribution < 1.29 is 80.2 Å². The van der Waals surface area contributed by atoms with Gasteiger partial charge in [0, 0.05) is 25.7 Å². The lowest BCUT2D eigenvalue weighted by Gasteiger charge is -2.21. The predicted octanol–water partition coefficient (Wildman–Crippen LogP) is 20.9. The summed E-state index contributed by atoms with van der Waals surface area (Å²) in [6, 6.07) is 0. The number of ether oxygens (including phenoxy) is 4. The van der Waals surface area contributed by atoms with E-state index in [1.807, 2.05) is 0 Å². The molecular weight excluding hydrogens is 1230 g/mol. The normalized spacial score (nSPS) is 14.4. The minimum absolute atomic E-state index is 0.0774. The molecular formula is C75H134O17P2. The third-order valence-corrected chi connectivity index (χ3v) is 17.6.